The number of allylic oxidation sites excluding steroid dienone is 1. The molecule has 0 aliphatic rings. The van der Waals surface area contributed by atoms with Crippen LogP contribution in [0.2, 0.25) is 0 Å². The van der Waals surface area contributed by atoms with Gasteiger partial charge < -0.3 is 19.3 Å². The van der Waals surface area contributed by atoms with E-state index in [1.165, 1.54) is 0 Å². The molecule has 0 aromatic heterocycles. The molecule has 0 aliphatic heterocycles. The number of carboxylic acid groups (broad SMARTS) is 1. The summed E-state index contributed by atoms with van der Waals surface area (Å²) in [7, 11) is 0. The Morgan fingerprint density at radius 1 is 1.05 bits per heavy atom. The largest absolute Gasteiger partial charge is 0.490 e. The van der Waals surface area contributed by atoms with Crippen molar-refractivity contribution in [3.63, 3.8) is 0 Å². The van der Waals surface area contributed by atoms with Gasteiger partial charge in [0, 0.05) is 6.08 Å². The third kappa shape index (κ3) is 4.70. The highest BCUT2D eigenvalue weighted by Crippen LogP contribution is 2.40. The lowest BCUT2D eigenvalue weighted by Crippen LogP contribution is -2.03. The van der Waals surface area contributed by atoms with E-state index in [1.807, 2.05) is 20.8 Å². The fourth-order valence-electron chi connectivity index (χ4n) is 1.88. The second-order valence-corrected chi connectivity index (χ2v) is 4.27. The van der Waals surface area contributed by atoms with E-state index in [0.29, 0.717) is 42.6 Å². The first-order chi connectivity index (χ1) is 10.0. The van der Waals surface area contributed by atoms with E-state index in [1.54, 1.807) is 19.1 Å². The Balaban J connectivity index is 3.37. The minimum atomic E-state index is -0.989. The van der Waals surface area contributed by atoms with Gasteiger partial charge >= 0.3 is 5.97 Å². The van der Waals surface area contributed by atoms with Crippen LogP contribution in [0.15, 0.2) is 18.2 Å². The summed E-state index contributed by atoms with van der Waals surface area (Å²) in [5.74, 6) is 0.669. The van der Waals surface area contributed by atoms with Crippen LogP contribution in [0, 0.1) is 0 Å². The summed E-state index contributed by atoms with van der Waals surface area (Å²) in [5, 5.41) is 8.87. The van der Waals surface area contributed by atoms with Gasteiger partial charge in [-0.25, -0.2) is 4.79 Å². The van der Waals surface area contributed by atoms with E-state index in [2.05, 4.69) is 0 Å². The second-order valence-electron chi connectivity index (χ2n) is 4.27. The topological polar surface area (TPSA) is 65.0 Å². The summed E-state index contributed by atoms with van der Waals surface area (Å²) >= 11 is 0. The van der Waals surface area contributed by atoms with Gasteiger partial charge in [0.15, 0.2) is 11.5 Å². The summed E-state index contributed by atoms with van der Waals surface area (Å²) in [6, 6.07) is 3.54. The quantitative estimate of drug-likeness (QED) is 0.745. The zero-order chi connectivity index (χ0) is 15.8. The van der Waals surface area contributed by atoms with Crippen molar-refractivity contribution in [2.45, 2.75) is 27.7 Å². The Labute approximate surface area is 125 Å². The molecule has 116 valence electrons. The Bertz CT molecular complexity index is 492. The maximum atomic E-state index is 10.8. The standard InChI is InChI=1S/C16H22O5/c1-5-19-13-9-12(11(4)8-15(17)18)10-14(20-6-2)16(13)21-7-3/h8-10H,5-7H2,1-4H3,(H,17,18)/b11-8+. The molecule has 0 amide bonds. The lowest BCUT2D eigenvalue weighted by molar-refractivity contribution is -0.131. The molecule has 0 saturated heterocycles. The Morgan fingerprint density at radius 2 is 1.52 bits per heavy atom. The van der Waals surface area contributed by atoms with E-state index in [-0.39, 0.29) is 0 Å². The van der Waals surface area contributed by atoms with Gasteiger partial charge in [0.1, 0.15) is 0 Å². The Hall–Kier alpha value is -2.17. The summed E-state index contributed by atoms with van der Waals surface area (Å²) in [4.78, 5) is 10.8. The Kier molecular flexibility index (Phi) is 6.59. The molecule has 21 heavy (non-hydrogen) atoms. The fraction of sp³-hybridized carbons (Fsp3) is 0.438. The molecule has 0 aliphatic carbocycles. The highest BCUT2D eigenvalue weighted by Gasteiger charge is 2.15. The van der Waals surface area contributed by atoms with Crippen molar-refractivity contribution in [1.82, 2.24) is 0 Å². The molecule has 1 N–H and O–H groups in total. The monoisotopic (exact) mass is 294 g/mol. The number of rotatable bonds is 8. The van der Waals surface area contributed by atoms with Gasteiger partial charge in [0.25, 0.3) is 0 Å². The predicted molar refractivity (Wildman–Crippen MR) is 81.2 cm³/mol. The fourth-order valence-corrected chi connectivity index (χ4v) is 1.88. The number of carboxylic acids is 1. The third-order valence-corrected chi connectivity index (χ3v) is 2.70. The molecule has 0 saturated carbocycles. The van der Waals surface area contributed by atoms with E-state index >= 15 is 0 Å². The summed E-state index contributed by atoms with van der Waals surface area (Å²) in [6.45, 7) is 8.83. The molecular weight excluding hydrogens is 272 g/mol. The lowest BCUT2D eigenvalue weighted by Gasteiger charge is -2.17. The number of carbonyl (C=O) groups is 1. The van der Waals surface area contributed by atoms with E-state index < -0.39 is 5.97 Å². The van der Waals surface area contributed by atoms with E-state index in [9.17, 15) is 4.79 Å². The van der Waals surface area contributed by atoms with Crippen molar-refractivity contribution >= 4 is 11.5 Å². The van der Waals surface area contributed by atoms with Crippen LogP contribution in [0.1, 0.15) is 33.3 Å². The lowest BCUT2D eigenvalue weighted by atomic mass is 10.1. The molecule has 0 fully saturated rings. The minimum Gasteiger partial charge on any atom is -0.490 e. The molecule has 0 atom stereocenters. The number of benzene rings is 1. The van der Waals surface area contributed by atoms with Crippen LogP contribution in [0.3, 0.4) is 0 Å². The zero-order valence-electron chi connectivity index (χ0n) is 12.9. The highest BCUT2D eigenvalue weighted by atomic mass is 16.5. The van der Waals surface area contributed by atoms with Gasteiger partial charge in [-0.15, -0.1) is 0 Å². The van der Waals surface area contributed by atoms with Gasteiger partial charge in [0.2, 0.25) is 5.75 Å². The number of aliphatic carboxylic acids is 1. The predicted octanol–water partition coefficient (Wildman–Crippen LogP) is 3.37. The average Bonchev–Trinajstić information content (AvgIpc) is 2.41. The molecule has 0 unspecified atom stereocenters. The van der Waals surface area contributed by atoms with Gasteiger partial charge in [-0.05, 0) is 51.0 Å². The zero-order valence-corrected chi connectivity index (χ0v) is 12.9. The minimum absolute atomic E-state index is 0.483. The number of hydrogen-bond acceptors (Lipinski definition) is 4. The summed E-state index contributed by atoms with van der Waals surface area (Å²) in [6.07, 6.45) is 1.15. The normalized spacial score (nSPS) is 11.1. The maximum Gasteiger partial charge on any atom is 0.328 e. The third-order valence-electron chi connectivity index (χ3n) is 2.70. The van der Waals surface area contributed by atoms with Crippen LogP contribution in [-0.4, -0.2) is 30.9 Å². The SMILES string of the molecule is CCOc1cc(/C(C)=C/C(=O)O)cc(OCC)c1OCC. The molecule has 0 spiro atoms. The van der Waals surface area contributed by atoms with E-state index in [4.69, 9.17) is 19.3 Å². The van der Waals surface area contributed by atoms with Gasteiger partial charge in [-0.2, -0.15) is 0 Å². The van der Waals surface area contributed by atoms with Crippen LogP contribution >= 0.6 is 0 Å². The second kappa shape index (κ2) is 8.19. The average molecular weight is 294 g/mol. The Morgan fingerprint density at radius 3 is 1.90 bits per heavy atom. The van der Waals surface area contributed by atoms with E-state index in [0.717, 1.165) is 11.6 Å². The molecule has 1 rings (SSSR count). The molecule has 1 aromatic carbocycles. The molecule has 0 heterocycles. The summed E-state index contributed by atoms with van der Waals surface area (Å²) < 4.78 is 16.8. The molecule has 5 nitrogen and oxygen atoms in total. The van der Waals surface area contributed by atoms with Crippen molar-refractivity contribution < 1.29 is 24.1 Å². The first-order valence-electron chi connectivity index (χ1n) is 7.01. The van der Waals surface area contributed by atoms with Crippen LogP contribution in [0.5, 0.6) is 17.2 Å². The number of hydrogen-bond donors (Lipinski definition) is 1. The molecule has 5 heteroatoms. The van der Waals surface area contributed by atoms with Crippen LogP contribution < -0.4 is 14.2 Å². The van der Waals surface area contributed by atoms with Gasteiger partial charge in [0.05, 0.1) is 19.8 Å². The first kappa shape index (κ1) is 16.9. The molecule has 1 aromatic rings. The molecule has 0 bridgehead atoms. The molecule has 0 radical (unpaired) electrons. The van der Waals surface area contributed by atoms with Gasteiger partial charge in [-0.3, -0.25) is 0 Å². The first-order valence-corrected chi connectivity index (χ1v) is 7.01. The highest BCUT2D eigenvalue weighted by molar-refractivity contribution is 5.90. The van der Waals surface area contributed by atoms with Gasteiger partial charge in [-0.1, -0.05) is 0 Å². The van der Waals surface area contributed by atoms with Crippen LogP contribution in [0.4, 0.5) is 0 Å². The number of ether oxygens (including phenoxy) is 3. The van der Waals surface area contributed by atoms with Crippen molar-refractivity contribution in [2.24, 2.45) is 0 Å². The van der Waals surface area contributed by atoms with Crippen LogP contribution in [-0.2, 0) is 4.79 Å². The smallest absolute Gasteiger partial charge is 0.328 e. The van der Waals surface area contributed by atoms with Crippen molar-refractivity contribution in [3.05, 3.63) is 23.8 Å². The van der Waals surface area contributed by atoms with Crippen molar-refractivity contribution in [2.75, 3.05) is 19.8 Å². The molecular formula is C16H22O5. The van der Waals surface area contributed by atoms with Crippen molar-refractivity contribution in [1.29, 1.82) is 0 Å². The van der Waals surface area contributed by atoms with Crippen molar-refractivity contribution in [3.8, 4) is 17.2 Å². The van der Waals surface area contributed by atoms with Crippen LogP contribution in [0.25, 0.3) is 5.57 Å². The summed E-state index contributed by atoms with van der Waals surface area (Å²) in [5.41, 5.74) is 1.35. The maximum absolute atomic E-state index is 10.8.